The highest BCUT2D eigenvalue weighted by Gasteiger charge is 2.18. The number of carbonyl (C=O) groups excluding carboxylic acids is 2. The topological polar surface area (TPSA) is 101 Å². The van der Waals surface area contributed by atoms with Gasteiger partial charge < -0.3 is 10.6 Å². The van der Waals surface area contributed by atoms with Crippen molar-refractivity contribution in [2.24, 2.45) is 0 Å². The van der Waals surface area contributed by atoms with Gasteiger partial charge in [0.15, 0.2) is 0 Å². The summed E-state index contributed by atoms with van der Waals surface area (Å²) in [5, 5.41) is 9.39. The smallest absolute Gasteiger partial charge is 0.270 e. The molecule has 8 nitrogen and oxygen atoms in total. The lowest BCUT2D eigenvalue weighted by molar-refractivity contribution is 0.0942. The van der Waals surface area contributed by atoms with E-state index < -0.39 is 11.8 Å². The molecule has 0 spiro atoms. The number of benzene rings is 2. The molecule has 2 amide bonds. The molecule has 0 aliphatic heterocycles. The molecule has 0 aliphatic carbocycles. The van der Waals surface area contributed by atoms with Gasteiger partial charge in [-0.3, -0.25) is 9.59 Å². The van der Waals surface area contributed by atoms with Gasteiger partial charge in [0.1, 0.15) is 29.3 Å². The quantitative estimate of drug-likeness (QED) is 0.484. The number of nitrogens with zero attached hydrogens (tertiary/aromatic N) is 4. The SMILES string of the molecule is Cc1cc(CNC(=O)c2cc(C(=O)NCc3ccc(F)cc3)n3ncnc3n2)ccc1F. The highest BCUT2D eigenvalue weighted by atomic mass is 19.1. The third-order valence-corrected chi connectivity index (χ3v) is 4.76. The molecule has 2 aromatic heterocycles. The first-order valence-corrected chi connectivity index (χ1v) is 9.67. The third-order valence-electron chi connectivity index (χ3n) is 4.76. The van der Waals surface area contributed by atoms with Crippen molar-refractivity contribution in [3.63, 3.8) is 0 Å². The maximum Gasteiger partial charge on any atom is 0.270 e. The van der Waals surface area contributed by atoms with E-state index >= 15 is 0 Å². The Morgan fingerprint density at radius 1 is 0.938 bits per heavy atom. The molecule has 0 bridgehead atoms. The Bertz CT molecular complexity index is 1300. The average Bonchev–Trinajstić information content (AvgIpc) is 3.27. The van der Waals surface area contributed by atoms with E-state index in [1.54, 1.807) is 31.2 Å². The van der Waals surface area contributed by atoms with E-state index in [2.05, 4.69) is 25.7 Å². The summed E-state index contributed by atoms with van der Waals surface area (Å²) in [7, 11) is 0. The number of hydrogen-bond donors (Lipinski definition) is 2. The van der Waals surface area contributed by atoms with Gasteiger partial charge in [-0.15, -0.1) is 0 Å². The zero-order valence-corrected chi connectivity index (χ0v) is 17.0. The lowest BCUT2D eigenvalue weighted by atomic mass is 10.1. The molecule has 162 valence electrons. The predicted molar refractivity (Wildman–Crippen MR) is 111 cm³/mol. The monoisotopic (exact) mass is 436 g/mol. The van der Waals surface area contributed by atoms with E-state index in [0.29, 0.717) is 11.1 Å². The largest absolute Gasteiger partial charge is 0.347 e. The number of rotatable bonds is 6. The summed E-state index contributed by atoms with van der Waals surface area (Å²) >= 11 is 0. The van der Waals surface area contributed by atoms with Crippen molar-refractivity contribution in [2.45, 2.75) is 20.0 Å². The second-order valence-corrected chi connectivity index (χ2v) is 7.07. The zero-order valence-electron chi connectivity index (χ0n) is 17.0. The number of carbonyl (C=O) groups is 2. The van der Waals surface area contributed by atoms with Gasteiger partial charge in [-0.25, -0.2) is 13.8 Å². The molecule has 2 heterocycles. The number of aromatic nitrogens is 4. The predicted octanol–water partition coefficient (Wildman–Crippen LogP) is 2.57. The van der Waals surface area contributed by atoms with Crippen LogP contribution < -0.4 is 10.6 Å². The summed E-state index contributed by atoms with van der Waals surface area (Å²) < 4.78 is 27.7. The molecule has 0 radical (unpaired) electrons. The number of amides is 2. The van der Waals surface area contributed by atoms with Crippen LogP contribution in [0.15, 0.2) is 54.9 Å². The fourth-order valence-corrected chi connectivity index (χ4v) is 3.06. The summed E-state index contributed by atoms with van der Waals surface area (Å²) in [6, 6.07) is 11.6. The molecule has 0 unspecified atom stereocenters. The second kappa shape index (κ2) is 8.88. The second-order valence-electron chi connectivity index (χ2n) is 7.07. The number of hydrogen-bond acceptors (Lipinski definition) is 5. The van der Waals surface area contributed by atoms with E-state index in [4.69, 9.17) is 0 Å². The summed E-state index contributed by atoms with van der Waals surface area (Å²) in [6.45, 7) is 1.95. The van der Waals surface area contributed by atoms with Gasteiger partial charge in [-0.05, 0) is 41.8 Å². The van der Waals surface area contributed by atoms with Crippen LogP contribution in [0.2, 0.25) is 0 Å². The molecule has 2 aromatic carbocycles. The maximum atomic E-state index is 13.4. The summed E-state index contributed by atoms with van der Waals surface area (Å²) in [4.78, 5) is 33.5. The van der Waals surface area contributed by atoms with Crippen LogP contribution in [0.1, 0.15) is 37.7 Å². The first-order valence-electron chi connectivity index (χ1n) is 9.67. The van der Waals surface area contributed by atoms with E-state index in [0.717, 1.165) is 5.56 Å². The Hall–Kier alpha value is -4.21. The normalized spacial score (nSPS) is 10.8. The lowest BCUT2D eigenvalue weighted by Gasteiger charge is -2.09. The van der Waals surface area contributed by atoms with Crippen LogP contribution in [-0.2, 0) is 13.1 Å². The Labute approximate surface area is 181 Å². The molecule has 32 heavy (non-hydrogen) atoms. The van der Waals surface area contributed by atoms with Gasteiger partial charge >= 0.3 is 0 Å². The summed E-state index contributed by atoms with van der Waals surface area (Å²) in [6.07, 6.45) is 1.22. The van der Waals surface area contributed by atoms with Gasteiger partial charge in [0, 0.05) is 19.2 Å². The van der Waals surface area contributed by atoms with Crippen LogP contribution >= 0.6 is 0 Å². The first kappa shape index (κ1) is 21.0. The van der Waals surface area contributed by atoms with E-state index in [9.17, 15) is 18.4 Å². The van der Waals surface area contributed by atoms with Gasteiger partial charge in [-0.1, -0.05) is 24.3 Å². The van der Waals surface area contributed by atoms with Crippen LogP contribution in [0, 0.1) is 18.6 Å². The Kier molecular flexibility index (Phi) is 5.84. The average molecular weight is 436 g/mol. The van der Waals surface area contributed by atoms with Crippen molar-refractivity contribution < 1.29 is 18.4 Å². The molecule has 0 aliphatic rings. The number of halogens is 2. The van der Waals surface area contributed by atoms with E-state index in [1.807, 2.05) is 0 Å². The van der Waals surface area contributed by atoms with Crippen molar-refractivity contribution in [3.05, 3.63) is 94.6 Å². The zero-order chi connectivity index (χ0) is 22.7. The molecule has 4 aromatic rings. The van der Waals surface area contributed by atoms with Crippen molar-refractivity contribution in [1.82, 2.24) is 30.2 Å². The fourth-order valence-electron chi connectivity index (χ4n) is 3.06. The van der Waals surface area contributed by atoms with Crippen LogP contribution in [0.5, 0.6) is 0 Å². The summed E-state index contributed by atoms with van der Waals surface area (Å²) in [5.74, 6) is -1.64. The number of fused-ring (bicyclic) bond motifs is 1. The molecular weight excluding hydrogens is 418 g/mol. The Morgan fingerprint density at radius 2 is 1.62 bits per heavy atom. The minimum absolute atomic E-state index is 0.0173. The Balaban J connectivity index is 1.51. The van der Waals surface area contributed by atoms with Crippen molar-refractivity contribution in [1.29, 1.82) is 0 Å². The van der Waals surface area contributed by atoms with E-state index in [-0.39, 0.29) is 41.9 Å². The standard InChI is InChI=1S/C22H18F2N6O2/c1-13-8-15(4-7-17(13)24)11-25-20(31)18-9-19(30-22(29-18)27-12-28-30)21(32)26-10-14-2-5-16(23)6-3-14/h2-9,12H,10-11H2,1H3,(H,25,31)(H,26,32). The van der Waals surface area contributed by atoms with Gasteiger partial charge in [0.2, 0.25) is 0 Å². The molecule has 0 saturated carbocycles. The molecule has 0 atom stereocenters. The number of nitrogens with one attached hydrogen (secondary N) is 2. The van der Waals surface area contributed by atoms with Gasteiger partial charge in [0.05, 0.1) is 0 Å². The van der Waals surface area contributed by atoms with Crippen LogP contribution in [0.25, 0.3) is 5.78 Å². The molecule has 0 saturated heterocycles. The fraction of sp³-hybridized carbons (Fsp3) is 0.136. The molecule has 0 fully saturated rings. The molecule has 10 heteroatoms. The van der Waals surface area contributed by atoms with Crippen molar-refractivity contribution in [3.8, 4) is 0 Å². The lowest BCUT2D eigenvalue weighted by Crippen LogP contribution is -2.28. The molecule has 4 rings (SSSR count). The number of aryl methyl sites for hydroxylation is 1. The van der Waals surface area contributed by atoms with Crippen molar-refractivity contribution in [2.75, 3.05) is 0 Å². The van der Waals surface area contributed by atoms with E-state index in [1.165, 1.54) is 35.1 Å². The minimum atomic E-state index is -0.523. The van der Waals surface area contributed by atoms with Crippen molar-refractivity contribution >= 4 is 17.6 Å². The maximum absolute atomic E-state index is 13.4. The first-order chi connectivity index (χ1) is 15.4. The molecule has 2 N–H and O–H groups in total. The summed E-state index contributed by atoms with van der Waals surface area (Å²) in [5.41, 5.74) is 1.95. The molecular formula is C22H18F2N6O2. The van der Waals surface area contributed by atoms with Crippen LogP contribution in [0.3, 0.4) is 0 Å². The third kappa shape index (κ3) is 4.59. The van der Waals surface area contributed by atoms with Gasteiger partial charge in [-0.2, -0.15) is 14.6 Å². The minimum Gasteiger partial charge on any atom is -0.347 e. The highest BCUT2D eigenvalue weighted by Crippen LogP contribution is 2.11. The van der Waals surface area contributed by atoms with Crippen LogP contribution in [-0.4, -0.2) is 31.4 Å². The highest BCUT2D eigenvalue weighted by molar-refractivity contribution is 5.98. The van der Waals surface area contributed by atoms with Gasteiger partial charge in [0.25, 0.3) is 17.6 Å². The Morgan fingerprint density at radius 3 is 2.38 bits per heavy atom. The van der Waals surface area contributed by atoms with Crippen LogP contribution in [0.4, 0.5) is 8.78 Å².